The van der Waals surface area contributed by atoms with E-state index in [1.807, 2.05) is 41.8 Å². The molecule has 1 aliphatic carbocycles. The average molecular weight is 372 g/mol. The highest BCUT2D eigenvalue weighted by Gasteiger charge is 2.26. The van der Waals surface area contributed by atoms with E-state index in [0.717, 1.165) is 30.5 Å². The second-order valence-corrected chi connectivity index (χ2v) is 7.85. The molecule has 2 amide bonds. The van der Waals surface area contributed by atoms with E-state index in [4.69, 9.17) is 5.73 Å². The molecule has 138 valence electrons. The molecule has 3 N–H and O–H groups in total. The van der Waals surface area contributed by atoms with Crippen LogP contribution in [0.25, 0.3) is 0 Å². The lowest BCUT2D eigenvalue weighted by Crippen LogP contribution is -2.29. The Morgan fingerprint density at radius 1 is 1.23 bits per heavy atom. The predicted octanol–water partition coefficient (Wildman–Crippen LogP) is 3.48. The molecule has 3 rings (SSSR count). The van der Waals surface area contributed by atoms with E-state index >= 15 is 0 Å². The molecule has 2 aromatic rings. The van der Waals surface area contributed by atoms with Crippen molar-refractivity contribution in [1.82, 2.24) is 4.90 Å². The Morgan fingerprint density at radius 2 is 2.04 bits per heavy atom. The molecule has 1 aromatic carbocycles. The van der Waals surface area contributed by atoms with E-state index < -0.39 is 0 Å². The molecule has 1 aromatic heterocycles. The summed E-state index contributed by atoms with van der Waals surface area (Å²) in [7, 11) is 1.78. The van der Waals surface area contributed by atoms with Crippen LogP contribution in [0.15, 0.2) is 41.8 Å². The predicted molar refractivity (Wildman–Crippen MR) is 105 cm³/mol. The van der Waals surface area contributed by atoms with Crippen LogP contribution in [-0.4, -0.2) is 29.8 Å². The lowest BCUT2D eigenvalue weighted by Gasteiger charge is -2.20. The van der Waals surface area contributed by atoms with Gasteiger partial charge < -0.3 is 16.0 Å². The van der Waals surface area contributed by atoms with E-state index in [1.165, 1.54) is 11.3 Å². The zero-order valence-electron chi connectivity index (χ0n) is 15.0. The summed E-state index contributed by atoms with van der Waals surface area (Å²) in [5, 5.41) is 4.90. The maximum Gasteiger partial charge on any atom is 0.263 e. The van der Waals surface area contributed by atoms with Gasteiger partial charge in [0, 0.05) is 31.7 Å². The van der Waals surface area contributed by atoms with Crippen molar-refractivity contribution in [3.05, 3.63) is 52.2 Å². The number of nitrogens with two attached hydrogens (primary N) is 1. The monoisotopic (exact) mass is 371 g/mol. The lowest BCUT2D eigenvalue weighted by molar-refractivity contribution is -0.117. The third-order valence-electron chi connectivity index (χ3n) is 4.94. The SMILES string of the molecule is CN(Cc1ccccc1NC(=O)C[C@@H]1CCC[C@H]1N)C(=O)c1cccs1. The highest BCUT2D eigenvalue weighted by molar-refractivity contribution is 7.12. The summed E-state index contributed by atoms with van der Waals surface area (Å²) in [5.41, 5.74) is 7.75. The van der Waals surface area contributed by atoms with Gasteiger partial charge in [0.1, 0.15) is 0 Å². The third-order valence-corrected chi connectivity index (χ3v) is 5.80. The Balaban J connectivity index is 1.64. The van der Waals surface area contributed by atoms with Crippen molar-refractivity contribution < 1.29 is 9.59 Å². The summed E-state index contributed by atoms with van der Waals surface area (Å²) in [6.07, 6.45) is 3.59. The van der Waals surface area contributed by atoms with Gasteiger partial charge in [-0.2, -0.15) is 0 Å². The van der Waals surface area contributed by atoms with Gasteiger partial charge >= 0.3 is 0 Å². The number of hydrogen-bond acceptors (Lipinski definition) is 4. The number of rotatable bonds is 6. The minimum Gasteiger partial charge on any atom is -0.337 e. The number of amides is 2. The summed E-state index contributed by atoms with van der Waals surface area (Å²) in [6.45, 7) is 0.441. The molecule has 0 radical (unpaired) electrons. The molecule has 26 heavy (non-hydrogen) atoms. The summed E-state index contributed by atoms with van der Waals surface area (Å²) in [5.74, 6) is 0.246. The van der Waals surface area contributed by atoms with Crippen molar-refractivity contribution in [2.75, 3.05) is 12.4 Å². The van der Waals surface area contributed by atoms with Gasteiger partial charge in [-0.1, -0.05) is 30.7 Å². The minimum atomic E-state index is -0.0157. The molecule has 0 unspecified atom stereocenters. The van der Waals surface area contributed by atoms with Crippen LogP contribution in [0.2, 0.25) is 0 Å². The fourth-order valence-corrected chi connectivity index (χ4v) is 4.17. The molecule has 0 spiro atoms. The Bertz CT molecular complexity index is 760. The largest absolute Gasteiger partial charge is 0.337 e. The fourth-order valence-electron chi connectivity index (χ4n) is 3.45. The van der Waals surface area contributed by atoms with Gasteiger partial charge in [0.15, 0.2) is 0 Å². The first-order chi connectivity index (χ1) is 12.5. The standard InChI is InChI=1S/C20H25N3O2S/c1-23(20(25)18-10-5-11-26-18)13-15-6-2-3-9-17(15)22-19(24)12-14-7-4-8-16(14)21/h2-3,5-6,9-11,14,16H,4,7-8,12-13,21H2,1H3,(H,22,24)/t14-,16+/m0/s1. The first-order valence-corrected chi connectivity index (χ1v) is 9.85. The highest BCUT2D eigenvalue weighted by Crippen LogP contribution is 2.27. The highest BCUT2D eigenvalue weighted by atomic mass is 32.1. The first-order valence-electron chi connectivity index (χ1n) is 8.97. The van der Waals surface area contributed by atoms with Gasteiger partial charge in [0.05, 0.1) is 4.88 Å². The Morgan fingerprint density at radius 3 is 2.73 bits per heavy atom. The maximum absolute atomic E-state index is 12.4. The van der Waals surface area contributed by atoms with Crippen LogP contribution >= 0.6 is 11.3 Å². The zero-order valence-corrected chi connectivity index (χ0v) is 15.8. The molecule has 1 saturated carbocycles. The zero-order chi connectivity index (χ0) is 18.5. The Kier molecular flexibility index (Phi) is 6.06. The molecule has 2 atom stereocenters. The van der Waals surface area contributed by atoms with Crippen LogP contribution < -0.4 is 11.1 Å². The van der Waals surface area contributed by atoms with Crippen molar-refractivity contribution in [2.45, 2.75) is 38.3 Å². The quantitative estimate of drug-likeness (QED) is 0.816. The number of hydrogen-bond donors (Lipinski definition) is 2. The van der Waals surface area contributed by atoms with Crippen LogP contribution in [0.3, 0.4) is 0 Å². The topological polar surface area (TPSA) is 75.4 Å². The maximum atomic E-state index is 12.4. The van der Waals surface area contributed by atoms with Crippen molar-refractivity contribution in [2.24, 2.45) is 11.7 Å². The van der Waals surface area contributed by atoms with Gasteiger partial charge in [0.2, 0.25) is 5.91 Å². The van der Waals surface area contributed by atoms with Crippen molar-refractivity contribution in [1.29, 1.82) is 0 Å². The van der Waals surface area contributed by atoms with Crippen molar-refractivity contribution in [3.63, 3.8) is 0 Å². The number of nitrogens with zero attached hydrogens (tertiary/aromatic N) is 1. The van der Waals surface area contributed by atoms with Crippen LogP contribution in [0.4, 0.5) is 5.69 Å². The number of thiophene rings is 1. The van der Waals surface area contributed by atoms with Crippen LogP contribution in [-0.2, 0) is 11.3 Å². The molecule has 0 saturated heterocycles. The van der Waals surface area contributed by atoms with Crippen molar-refractivity contribution in [3.8, 4) is 0 Å². The molecule has 1 heterocycles. The molecule has 1 fully saturated rings. The Hall–Kier alpha value is -2.18. The molecular weight excluding hydrogens is 346 g/mol. The number of para-hydroxylation sites is 1. The van der Waals surface area contributed by atoms with Crippen LogP contribution in [0.5, 0.6) is 0 Å². The summed E-state index contributed by atoms with van der Waals surface area (Å²) in [6, 6.07) is 11.4. The normalized spacial score (nSPS) is 19.3. The fraction of sp³-hybridized carbons (Fsp3) is 0.400. The van der Waals surface area contributed by atoms with Gasteiger partial charge in [0.25, 0.3) is 5.91 Å². The molecule has 0 aliphatic heterocycles. The summed E-state index contributed by atoms with van der Waals surface area (Å²) < 4.78 is 0. The summed E-state index contributed by atoms with van der Waals surface area (Å²) in [4.78, 5) is 27.3. The Labute approximate surface area is 158 Å². The third kappa shape index (κ3) is 4.51. The minimum absolute atomic E-state index is 0.00737. The van der Waals surface area contributed by atoms with Crippen molar-refractivity contribution >= 4 is 28.8 Å². The van der Waals surface area contributed by atoms with Gasteiger partial charge in [-0.25, -0.2) is 0 Å². The van der Waals surface area contributed by atoms with E-state index in [0.29, 0.717) is 17.8 Å². The van der Waals surface area contributed by atoms with Gasteiger partial charge in [-0.3, -0.25) is 9.59 Å². The molecule has 5 nitrogen and oxygen atoms in total. The number of anilines is 1. The lowest BCUT2D eigenvalue weighted by atomic mass is 10.00. The molecule has 1 aliphatic rings. The summed E-state index contributed by atoms with van der Waals surface area (Å²) >= 11 is 1.43. The van der Waals surface area contributed by atoms with E-state index in [9.17, 15) is 9.59 Å². The van der Waals surface area contributed by atoms with Crippen LogP contribution in [0.1, 0.15) is 40.9 Å². The van der Waals surface area contributed by atoms with E-state index in [-0.39, 0.29) is 23.8 Å². The van der Waals surface area contributed by atoms with Crippen LogP contribution in [0, 0.1) is 5.92 Å². The second kappa shape index (κ2) is 8.47. The molecule has 6 heteroatoms. The van der Waals surface area contributed by atoms with Gasteiger partial charge in [-0.05, 0) is 41.8 Å². The molecule has 0 bridgehead atoms. The second-order valence-electron chi connectivity index (χ2n) is 6.90. The number of carbonyl (C=O) groups is 2. The molecular formula is C20H25N3O2S. The average Bonchev–Trinajstić information content (AvgIpc) is 3.28. The van der Waals surface area contributed by atoms with Gasteiger partial charge in [-0.15, -0.1) is 11.3 Å². The van der Waals surface area contributed by atoms with E-state index in [1.54, 1.807) is 11.9 Å². The number of nitrogens with one attached hydrogen (secondary N) is 1. The number of benzene rings is 1. The van der Waals surface area contributed by atoms with E-state index in [2.05, 4.69) is 5.32 Å². The smallest absolute Gasteiger partial charge is 0.263 e. The number of carbonyl (C=O) groups excluding carboxylic acids is 2. The first kappa shape index (κ1) is 18.6.